The summed E-state index contributed by atoms with van der Waals surface area (Å²) in [5.41, 5.74) is 2.93. The molecule has 0 radical (unpaired) electrons. The molecule has 124 valence electrons. The summed E-state index contributed by atoms with van der Waals surface area (Å²) in [5.74, 6) is 0.428. The van der Waals surface area contributed by atoms with Crippen molar-refractivity contribution in [3.05, 3.63) is 54.7 Å². The maximum atomic E-state index is 12.8. The molecule has 0 aliphatic rings. The number of amides is 1. The molecule has 0 fully saturated rings. The maximum Gasteiger partial charge on any atom is 0.351 e. The fraction of sp³-hybridized carbons (Fsp3) is 0.316. The van der Waals surface area contributed by atoms with Crippen LogP contribution in [0.2, 0.25) is 0 Å². The van der Waals surface area contributed by atoms with Crippen molar-refractivity contribution < 1.29 is 14.2 Å². The average Bonchev–Trinajstić information content (AvgIpc) is 2.94. The second-order valence-corrected chi connectivity index (χ2v) is 7.15. The van der Waals surface area contributed by atoms with Gasteiger partial charge < -0.3 is 5.32 Å². The quantitative estimate of drug-likeness (QED) is 0.714. The monoisotopic (exact) mass is 324 g/mol. The lowest BCUT2D eigenvalue weighted by atomic mass is 9.88. The number of imidazole rings is 1. The predicted molar refractivity (Wildman–Crippen MR) is 92.3 cm³/mol. The molecule has 1 amide bonds. The Hall–Kier alpha value is -2.69. The van der Waals surface area contributed by atoms with Crippen LogP contribution in [0, 0.1) is 5.41 Å². The number of nitrogens with zero attached hydrogens (tertiary/aromatic N) is 1. The van der Waals surface area contributed by atoms with E-state index in [0.29, 0.717) is 5.82 Å². The Morgan fingerprint density at radius 3 is 2.58 bits per heavy atom. The van der Waals surface area contributed by atoms with Crippen LogP contribution in [0.3, 0.4) is 0 Å². The summed E-state index contributed by atoms with van der Waals surface area (Å²) < 4.78 is 1.90. The van der Waals surface area contributed by atoms with Gasteiger partial charge in [0.1, 0.15) is 0 Å². The normalized spacial score (nSPS) is 13.0. The number of carbonyl (C=O) groups is 1. The highest BCUT2D eigenvalue weighted by Crippen LogP contribution is 2.21. The molecule has 0 aromatic carbocycles. The van der Waals surface area contributed by atoms with Gasteiger partial charge in [0.2, 0.25) is 0 Å². The molecule has 0 spiro atoms. The number of carbonyl (C=O) groups excluding carboxylic acids is 1. The smallest absolute Gasteiger partial charge is 0.343 e. The van der Waals surface area contributed by atoms with E-state index in [1.54, 1.807) is 0 Å². The fourth-order valence-electron chi connectivity index (χ4n) is 2.51. The number of nitrogens with one attached hydrogen (secondary N) is 3. The van der Waals surface area contributed by atoms with Crippen LogP contribution in [-0.2, 0) is 0 Å². The van der Waals surface area contributed by atoms with Gasteiger partial charge in [0, 0.05) is 23.7 Å². The summed E-state index contributed by atoms with van der Waals surface area (Å²) in [6.07, 6.45) is 5.65. The van der Waals surface area contributed by atoms with Crippen molar-refractivity contribution in [1.82, 2.24) is 10.3 Å². The Labute approximate surface area is 141 Å². The first-order valence-corrected chi connectivity index (χ1v) is 8.17. The molecule has 3 aromatic rings. The van der Waals surface area contributed by atoms with E-state index in [1.165, 1.54) is 0 Å². The van der Waals surface area contributed by atoms with Crippen molar-refractivity contribution in [3.8, 4) is 11.3 Å². The Balaban J connectivity index is 2.05. The highest BCUT2D eigenvalue weighted by molar-refractivity contribution is 5.91. The highest BCUT2D eigenvalue weighted by atomic mass is 16.2. The average molecular weight is 324 g/mol. The van der Waals surface area contributed by atoms with Crippen LogP contribution in [0.4, 0.5) is 0 Å². The molecular formula is C19H24N4O+2. The van der Waals surface area contributed by atoms with Crippen molar-refractivity contribution in [2.45, 2.75) is 33.7 Å². The molecule has 3 N–H and O–H groups in total. The molecule has 24 heavy (non-hydrogen) atoms. The first kappa shape index (κ1) is 16.2. The minimum absolute atomic E-state index is 0.000811. The largest absolute Gasteiger partial charge is 0.351 e. The van der Waals surface area contributed by atoms with E-state index in [9.17, 15) is 4.79 Å². The third kappa shape index (κ3) is 3.02. The third-order valence-corrected chi connectivity index (χ3v) is 4.47. The number of aromatic amines is 2. The van der Waals surface area contributed by atoms with Gasteiger partial charge in [-0.15, -0.1) is 0 Å². The molecular weight excluding hydrogens is 300 g/mol. The van der Waals surface area contributed by atoms with Crippen LogP contribution in [0.5, 0.6) is 0 Å². The van der Waals surface area contributed by atoms with E-state index in [1.807, 2.05) is 60.2 Å². The second-order valence-electron chi connectivity index (χ2n) is 7.15. The molecule has 0 saturated carbocycles. The van der Waals surface area contributed by atoms with Crippen LogP contribution in [0.1, 0.15) is 38.3 Å². The molecule has 0 bridgehead atoms. The van der Waals surface area contributed by atoms with E-state index in [4.69, 9.17) is 0 Å². The first-order valence-electron chi connectivity index (χ1n) is 8.17. The lowest BCUT2D eigenvalue weighted by molar-refractivity contribution is -0.514. The molecule has 5 nitrogen and oxygen atoms in total. The molecule has 1 atom stereocenters. The molecule has 3 rings (SSSR count). The molecule has 3 aromatic heterocycles. The molecule has 1 unspecified atom stereocenters. The van der Waals surface area contributed by atoms with Gasteiger partial charge in [-0.05, 0) is 24.5 Å². The molecule has 3 heterocycles. The minimum Gasteiger partial charge on any atom is -0.343 e. The van der Waals surface area contributed by atoms with Gasteiger partial charge in [-0.25, -0.2) is 9.97 Å². The van der Waals surface area contributed by atoms with E-state index >= 15 is 0 Å². The van der Waals surface area contributed by atoms with E-state index in [2.05, 4.69) is 36.1 Å². The van der Waals surface area contributed by atoms with Gasteiger partial charge in [-0.2, -0.15) is 4.40 Å². The minimum atomic E-state index is -0.104. The third-order valence-electron chi connectivity index (χ3n) is 4.47. The molecule has 0 aliphatic heterocycles. The number of H-pyrrole nitrogens is 2. The summed E-state index contributed by atoms with van der Waals surface area (Å²) in [4.78, 5) is 19.1. The van der Waals surface area contributed by atoms with Gasteiger partial charge in [0.05, 0.1) is 6.20 Å². The standard InChI is InChI=1S/C19H22N4O/c1-13(19(2,3)4)21-18(24)17-22-16(14-8-10-20-11-9-14)15-7-5-6-12-23(15)17/h5-13H,1-4H3,(H,21,24)/p+2. The summed E-state index contributed by atoms with van der Waals surface area (Å²) in [5, 5.41) is 3.10. The first-order chi connectivity index (χ1) is 11.4. The zero-order chi connectivity index (χ0) is 17.3. The summed E-state index contributed by atoms with van der Waals surface area (Å²) in [6, 6.07) is 9.93. The van der Waals surface area contributed by atoms with Gasteiger partial charge in [-0.1, -0.05) is 26.8 Å². The summed E-state index contributed by atoms with van der Waals surface area (Å²) >= 11 is 0. The van der Waals surface area contributed by atoms with E-state index < -0.39 is 0 Å². The van der Waals surface area contributed by atoms with Crippen LogP contribution >= 0.6 is 0 Å². The zero-order valence-corrected chi connectivity index (χ0v) is 14.6. The Morgan fingerprint density at radius 1 is 1.21 bits per heavy atom. The zero-order valence-electron chi connectivity index (χ0n) is 14.6. The highest BCUT2D eigenvalue weighted by Gasteiger charge is 2.29. The van der Waals surface area contributed by atoms with Crippen LogP contribution in [0.25, 0.3) is 16.8 Å². The van der Waals surface area contributed by atoms with Gasteiger partial charge >= 0.3 is 11.7 Å². The van der Waals surface area contributed by atoms with E-state index in [-0.39, 0.29) is 17.4 Å². The van der Waals surface area contributed by atoms with Crippen molar-refractivity contribution >= 4 is 11.4 Å². The molecule has 0 aliphatic carbocycles. The predicted octanol–water partition coefficient (Wildman–Crippen LogP) is 2.40. The topological polar surface area (TPSA) is 63.1 Å². The second kappa shape index (κ2) is 6.07. The summed E-state index contributed by atoms with van der Waals surface area (Å²) in [7, 11) is 0. The van der Waals surface area contributed by atoms with Crippen LogP contribution in [-0.4, -0.2) is 16.9 Å². The fourth-order valence-corrected chi connectivity index (χ4v) is 2.51. The number of hydrogen-bond acceptors (Lipinski definition) is 1. The van der Waals surface area contributed by atoms with Crippen molar-refractivity contribution in [2.24, 2.45) is 5.41 Å². The molecule has 0 saturated heterocycles. The Kier molecular flexibility index (Phi) is 4.09. The lowest BCUT2D eigenvalue weighted by Crippen LogP contribution is -2.44. The Bertz CT molecular complexity index is 862. The molecule has 5 heteroatoms. The van der Waals surface area contributed by atoms with Gasteiger partial charge in [0.15, 0.2) is 23.6 Å². The SMILES string of the molecule is CC(NC(=O)c1[nH]c(-c2cc[nH+]cc2)c2cccc[n+]12)C(C)(C)C. The number of fused-ring (bicyclic) bond motifs is 1. The number of hydrogen-bond donors (Lipinski definition) is 2. The number of aromatic nitrogens is 3. The van der Waals surface area contributed by atoms with Crippen molar-refractivity contribution in [3.63, 3.8) is 0 Å². The van der Waals surface area contributed by atoms with E-state index in [0.717, 1.165) is 16.8 Å². The van der Waals surface area contributed by atoms with Crippen molar-refractivity contribution in [1.29, 1.82) is 0 Å². The number of pyridine rings is 2. The number of rotatable bonds is 3. The maximum absolute atomic E-state index is 12.8. The summed E-state index contributed by atoms with van der Waals surface area (Å²) in [6.45, 7) is 8.37. The van der Waals surface area contributed by atoms with Crippen molar-refractivity contribution in [2.75, 3.05) is 0 Å². The van der Waals surface area contributed by atoms with Crippen LogP contribution < -0.4 is 14.7 Å². The van der Waals surface area contributed by atoms with Gasteiger partial charge in [-0.3, -0.25) is 4.79 Å². The van der Waals surface area contributed by atoms with Crippen LogP contribution in [0.15, 0.2) is 48.9 Å². The van der Waals surface area contributed by atoms with Gasteiger partial charge in [0.25, 0.3) is 0 Å². The lowest BCUT2D eigenvalue weighted by Gasteiger charge is -2.27. The Morgan fingerprint density at radius 2 is 1.92 bits per heavy atom.